The fourth-order valence-electron chi connectivity index (χ4n) is 8.09. The molecule has 0 spiro atoms. The summed E-state index contributed by atoms with van der Waals surface area (Å²) >= 11 is 0. The minimum Gasteiger partial charge on any atom is -0.457 e. The van der Waals surface area contributed by atoms with E-state index in [1.54, 1.807) is 0 Å². The molecule has 57 heavy (non-hydrogen) atoms. The molecule has 0 aliphatic rings. The molecule has 3 aromatic heterocycles. The van der Waals surface area contributed by atoms with E-state index in [1.165, 1.54) is 70.0 Å². The summed E-state index contributed by atoms with van der Waals surface area (Å²) in [5, 5.41) is 7.82. The van der Waals surface area contributed by atoms with E-state index in [-0.39, 0.29) is 22.7 Å². The zero-order valence-electron chi connectivity index (χ0n) is 36.2. The van der Waals surface area contributed by atoms with Gasteiger partial charge in [0.05, 0.1) is 28.1 Å². The van der Waals surface area contributed by atoms with E-state index >= 15 is 0 Å². The maximum Gasteiger partial charge on any atom is 0.137 e. The van der Waals surface area contributed by atoms with E-state index in [9.17, 15) is 0 Å². The van der Waals surface area contributed by atoms with Crippen molar-refractivity contribution in [2.45, 2.75) is 131 Å². The Bertz CT molecular complexity index is 2500. The van der Waals surface area contributed by atoms with Crippen LogP contribution in [0.2, 0.25) is 0 Å². The summed E-state index contributed by atoms with van der Waals surface area (Å²) in [5.41, 5.74) is 11.7. The number of hydrogen-bond acceptors (Lipinski definition) is 3. The van der Waals surface area contributed by atoms with Gasteiger partial charge in [0.25, 0.3) is 0 Å². The molecule has 0 aliphatic heterocycles. The highest BCUT2D eigenvalue weighted by atomic mass is 16.5. The third-order valence-corrected chi connectivity index (χ3v) is 11.3. The van der Waals surface area contributed by atoms with Gasteiger partial charge < -0.3 is 4.74 Å². The molecule has 0 saturated carbocycles. The third kappa shape index (κ3) is 8.30. The number of fused-ring (bicyclic) bond motifs is 3. The standard InChI is InChI=1S/C52H62N4O/c1-12-13-14-16-19-36-22-25-45-44(28-36)43-24-23-41(33-46(43)55(45)47-31-38(26-27-53-47)51(6,7)8)57-42-30-39(52(9,10)11)29-40(32-42)56-50(35(4)5)48(49(54-56)34(2)3)37-20-17-15-18-21-37/h15,17-18,20-35H,12-14,16,19H2,1-11H3. The highest BCUT2D eigenvalue weighted by Gasteiger charge is 2.26. The van der Waals surface area contributed by atoms with Crippen LogP contribution in [0.5, 0.6) is 11.5 Å². The van der Waals surface area contributed by atoms with Gasteiger partial charge in [-0.05, 0) is 106 Å². The van der Waals surface area contributed by atoms with Crippen LogP contribution in [0.3, 0.4) is 0 Å². The van der Waals surface area contributed by atoms with Crippen molar-refractivity contribution in [2.24, 2.45) is 0 Å². The fraction of sp³-hybridized carbons (Fsp3) is 0.385. The second-order valence-corrected chi connectivity index (χ2v) is 18.6. The molecular formula is C52H62N4O. The van der Waals surface area contributed by atoms with E-state index in [2.05, 4.69) is 182 Å². The molecule has 0 atom stereocenters. The van der Waals surface area contributed by atoms with Crippen molar-refractivity contribution in [3.63, 3.8) is 0 Å². The quantitative estimate of drug-likeness (QED) is 0.117. The molecule has 0 N–H and O–H groups in total. The Hall–Kier alpha value is -5.16. The number of aromatic nitrogens is 4. The van der Waals surface area contributed by atoms with Crippen LogP contribution in [0.25, 0.3) is 44.4 Å². The maximum absolute atomic E-state index is 6.94. The number of nitrogens with zero attached hydrogens (tertiary/aromatic N) is 4. The second-order valence-electron chi connectivity index (χ2n) is 18.6. The summed E-state index contributed by atoms with van der Waals surface area (Å²) < 4.78 is 11.4. The van der Waals surface area contributed by atoms with Gasteiger partial charge in [0.2, 0.25) is 0 Å². The third-order valence-electron chi connectivity index (χ3n) is 11.3. The van der Waals surface area contributed by atoms with Gasteiger partial charge in [-0.15, -0.1) is 0 Å². The monoisotopic (exact) mass is 758 g/mol. The first-order valence-electron chi connectivity index (χ1n) is 21.2. The summed E-state index contributed by atoms with van der Waals surface area (Å²) in [5.74, 6) is 3.00. The molecule has 0 aliphatic carbocycles. The summed E-state index contributed by atoms with van der Waals surface area (Å²) in [7, 11) is 0. The van der Waals surface area contributed by atoms with Crippen LogP contribution < -0.4 is 4.74 Å². The molecule has 4 aromatic carbocycles. The number of rotatable bonds is 12. The first-order chi connectivity index (χ1) is 27.1. The van der Waals surface area contributed by atoms with Crippen LogP contribution in [-0.2, 0) is 17.3 Å². The Kier molecular flexibility index (Phi) is 11.2. The van der Waals surface area contributed by atoms with Crippen LogP contribution in [0.15, 0.2) is 103 Å². The van der Waals surface area contributed by atoms with Crippen LogP contribution in [0, 0.1) is 0 Å². The lowest BCUT2D eigenvalue weighted by Gasteiger charge is -2.22. The van der Waals surface area contributed by atoms with Crippen molar-refractivity contribution in [1.82, 2.24) is 19.3 Å². The summed E-state index contributed by atoms with van der Waals surface area (Å²) in [6.07, 6.45) is 8.05. The molecule has 5 heteroatoms. The van der Waals surface area contributed by atoms with Crippen LogP contribution >= 0.6 is 0 Å². The molecule has 7 rings (SSSR count). The van der Waals surface area contributed by atoms with Gasteiger partial charge in [-0.2, -0.15) is 5.10 Å². The molecule has 0 unspecified atom stereocenters. The largest absolute Gasteiger partial charge is 0.457 e. The minimum absolute atomic E-state index is 0.00599. The molecule has 0 fully saturated rings. The molecule has 0 saturated heterocycles. The Morgan fingerprint density at radius 2 is 1.40 bits per heavy atom. The predicted molar refractivity (Wildman–Crippen MR) is 241 cm³/mol. The number of ether oxygens (including phenoxy) is 1. The average Bonchev–Trinajstić information content (AvgIpc) is 3.73. The van der Waals surface area contributed by atoms with Gasteiger partial charge in [-0.1, -0.05) is 132 Å². The lowest BCUT2D eigenvalue weighted by Crippen LogP contribution is -2.13. The van der Waals surface area contributed by atoms with Crippen LogP contribution in [0.4, 0.5) is 0 Å². The highest BCUT2D eigenvalue weighted by Crippen LogP contribution is 2.41. The first-order valence-corrected chi connectivity index (χ1v) is 21.2. The SMILES string of the molecule is CCCCCCc1ccc2c(c1)c1ccc(Oc3cc(-n4nc(C(C)C)c(-c5ccccc5)c4C(C)C)cc(C(C)(C)C)c3)cc1n2-c1cc(C(C)(C)C)ccn1. The number of pyridine rings is 1. The Morgan fingerprint density at radius 3 is 2.09 bits per heavy atom. The van der Waals surface area contributed by atoms with Gasteiger partial charge in [0.15, 0.2) is 0 Å². The summed E-state index contributed by atoms with van der Waals surface area (Å²) in [4.78, 5) is 4.96. The zero-order chi connectivity index (χ0) is 40.6. The Labute approximate surface area is 341 Å². The van der Waals surface area contributed by atoms with Gasteiger partial charge in [0, 0.05) is 34.7 Å². The maximum atomic E-state index is 6.94. The van der Waals surface area contributed by atoms with Crippen LogP contribution in [0.1, 0.15) is 142 Å². The molecule has 7 aromatic rings. The Balaban J connectivity index is 1.38. The number of aryl methyl sites for hydroxylation is 1. The van der Waals surface area contributed by atoms with Crippen LogP contribution in [-0.4, -0.2) is 19.3 Å². The molecule has 5 nitrogen and oxygen atoms in total. The van der Waals surface area contributed by atoms with E-state index in [0.717, 1.165) is 46.2 Å². The van der Waals surface area contributed by atoms with Crippen molar-refractivity contribution in [1.29, 1.82) is 0 Å². The van der Waals surface area contributed by atoms with Crippen molar-refractivity contribution in [2.75, 3.05) is 0 Å². The van der Waals surface area contributed by atoms with Crippen molar-refractivity contribution in [3.05, 3.63) is 131 Å². The average molecular weight is 759 g/mol. The molecule has 0 amide bonds. The summed E-state index contributed by atoms with van der Waals surface area (Å²) in [6.45, 7) is 24.8. The molecule has 0 radical (unpaired) electrons. The van der Waals surface area contributed by atoms with Crippen molar-refractivity contribution >= 4 is 21.8 Å². The van der Waals surface area contributed by atoms with E-state index in [4.69, 9.17) is 14.8 Å². The summed E-state index contributed by atoms with van der Waals surface area (Å²) in [6, 6.07) is 35.3. The predicted octanol–water partition coefficient (Wildman–Crippen LogP) is 14.8. The number of unbranched alkanes of at least 4 members (excludes halogenated alkanes) is 3. The second kappa shape index (κ2) is 16.0. The smallest absolute Gasteiger partial charge is 0.137 e. The zero-order valence-corrected chi connectivity index (χ0v) is 36.2. The molecular weight excluding hydrogens is 697 g/mol. The minimum atomic E-state index is -0.114. The van der Waals surface area contributed by atoms with E-state index in [1.807, 2.05) is 6.20 Å². The molecule has 3 heterocycles. The normalized spacial score (nSPS) is 12.4. The van der Waals surface area contributed by atoms with Gasteiger partial charge in [-0.3, -0.25) is 4.57 Å². The van der Waals surface area contributed by atoms with Gasteiger partial charge in [-0.25, -0.2) is 9.67 Å². The van der Waals surface area contributed by atoms with Crippen molar-refractivity contribution in [3.8, 4) is 34.1 Å². The molecule has 296 valence electrons. The lowest BCUT2D eigenvalue weighted by molar-refractivity contribution is 0.478. The highest BCUT2D eigenvalue weighted by molar-refractivity contribution is 6.09. The van der Waals surface area contributed by atoms with Gasteiger partial charge in [0.1, 0.15) is 17.3 Å². The van der Waals surface area contributed by atoms with Gasteiger partial charge >= 0.3 is 0 Å². The number of hydrogen-bond donors (Lipinski definition) is 0. The molecule has 0 bridgehead atoms. The first kappa shape index (κ1) is 40.1. The number of benzene rings is 4. The van der Waals surface area contributed by atoms with Crippen molar-refractivity contribution < 1.29 is 4.74 Å². The fourth-order valence-corrected chi connectivity index (χ4v) is 8.09. The lowest BCUT2D eigenvalue weighted by atomic mass is 9.86. The van der Waals surface area contributed by atoms with E-state index < -0.39 is 0 Å². The topological polar surface area (TPSA) is 44.9 Å². The van der Waals surface area contributed by atoms with E-state index in [0.29, 0.717) is 0 Å². The Morgan fingerprint density at radius 1 is 0.649 bits per heavy atom.